The molecule has 8 heteroatoms. The van der Waals surface area contributed by atoms with E-state index >= 15 is 0 Å². The lowest BCUT2D eigenvalue weighted by atomic mass is 9.99. The van der Waals surface area contributed by atoms with Gasteiger partial charge < -0.3 is 9.72 Å². The second-order valence-corrected chi connectivity index (χ2v) is 10.8. The van der Waals surface area contributed by atoms with Crippen LogP contribution in [0.25, 0.3) is 10.9 Å². The SMILES string of the molecule is Cc1cc(C)c2[nH]c(=O)c(CN(C[C@H]3CCCO3)[C@H](c3nnnn3C3CCCC3)C(C)C)cc2c1. The standard InChI is InChI=1S/C27H38N6O2/c1-17(2)25(26-29-30-31-33(26)22-8-5-6-9-22)32(16-23-10-7-11-35-23)15-21-14-20-13-18(3)12-19(4)24(20)28-27(21)34/h12-14,17,22-23,25H,5-11,15-16H2,1-4H3,(H,28,34)/t23-,25+/m1/s1. The zero-order valence-corrected chi connectivity index (χ0v) is 21.5. The molecule has 3 aromatic rings. The number of H-pyrrole nitrogens is 1. The van der Waals surface area contributed by atoms with Gasteiger partial charge >= 0.3 is 0 Å². The molecule has 1 saturated heterocycles. The summed E-state index contributed by atoms with van der Waals surface area (Å²) < 4.78 is 8.11. The Hall–Kier alpha value is -2.58. The van der Waals surface area contributed by atoms with Crippen molar-refractivity contribution in [3.8, 4) is 0 Å². The predicted molar refractivity (Wildman–Crippen MR) is 136 cm³/mol. The molecule has 1 aliphatic carbocycles. The van der Waals surface area contributed by atoms with E-state index in [1.165, 1.54) is 18.4 Å². The van der Waals surface area contributed by atoms with E-state index in [0.717, 1.165) is 66.7 Å². The number of aryl methyl sites for hydroxylation is 2. The lowest BCUT2D eigenvalue weighted by Crippen LogP contribution is -2.40. The summed E-state index contributed by atoms with van der Waals surface area (Å²) >= 11 is 0. The van der Waals surface area contributed by atoms with E-state index in [4.69, 9.17) is 4.74 Å². The van der Waals surface area contributed by atoms with Crippen LogP contribution in [0.4, 0.5) is 0 Å². The Morgan fingerprint density at radius 3 is 2.66 bits per heavy atom. The lowest BCUT2D eigenvalue weighted by molar-refractivity contribution is 0.0379. The first-order valence-electron chi connectivity index (χ1n) is 13.2. The van der Waals surface area contributed by atoms with Gasteiger partial charge in [-0.15, -0.1) is 5.10 Å². The van der Waals surface area contributed by atoms with Crippen molar-refractivity contribution in [3.05, 3.63) is 51.1 Å². The second-order valence-electron chi connectivity index (χ2n) is 10.8. The van der Waals surface area contributed by atoms with Crippen molar-refractivity contribution in [2.75, 3.05) is 13.2 Å². The Bertz CT molecular complexity index is 1220. The van der Waals surface area contributed by atoms with E-state index in [9.17, 15) is 4.79 Å². The Kier molecular flexibility index (Phi) is 7.02. The van der Waals surface area contributed by atoms with Gasteiger partial charge in [0.2, 0.25) is 0 Å². The minimum atomic E-state index is -0.0281. The fourth-order valence-corrected chi connectivity index (χ4v) is 6.08. The molecule has 0 bridgehead atoms. The molecule has 1 aromatic carbocycles. The summed E-state index contributed by atoms with van der Waals surface area (Å²) in [5.41, 5.74) is 3.95. The van der Waals surface area contributed by atoms with E-state index in [1.54, 1.807) is 0 Å². The molecule has 1 saturated carbocycles. The van der Waals surface area contributed by atoms with Gasteiger partial charge in [0.25, 0.3) is 5.56 Å². The molecule has 2 atom stereocenters. The van der Waals surface area contributed by atoms with Gasteiger partial charge in [-0.1, -0.05) is 38.3 Å². The van der Waals surface area contributed by atoms with E-state index in [2.05, 4.69) is 69.1 Å². The summed E-state index contributed by atoms with van der Waals surface area (Å²) in [4.78, 5) is 18.8. The molecular weight excluding hydrogens is 440 g/mol. The quantitative estimate of drug-likeness (QED) is 0.508. The molecule has 188 valence electrons. The molecule has 0 amide bonds. The van der Waals surface area contributed by atoms with Crippen LogP contribution in [-0.4, -0.2) is 49.3 Å². The second kappa shape index (κ2) is 10.2. The Morgan fingerprint density at radius 2 is 1.94 bits per heavy atom. The van der Waals surface area contributed by atoms with Crippen LogP contribution in [0.5, 0.6) is 0 Å². The number of benzene rings is 1. The van der Waals surface area contributed by atoms with Gasteiger partial charge in [0.15, 0.2) is 5.82 Å². The first-order chi connectivity index (χ1) is 16.9. The zero-order chi connectivity index (χ0) is 24.5. The van der Waals surface area contributed by atoms with Crippen molar-refractivity contribution in [2.24, 2.45) is 5.92 Å². The molecule has 5 rings (SSSR count). The molecule has 2 aliphatic rings. The topological polar surface area (TPSA) is 88.9 Å². The number of tetrazole rings is 1. The van der Waals surface area contributed by atoms with Crippen molar-refractivity contribution in [3.63, 3.8) is 0 Å². The number of aromatic nitrogens is 5. The van der Waals surface area contributed by atoms with Gasteiger partial charge in [-0.3, -0.25) is 9.69 Å². The maximum absolute atomic E-state index is 13.2. The monoisotopic (exact) mass is 478 g/mol. The maximum Gasteiger partial charge on any atom is 0.252 e. The van der Waals surface area contributed by atoms with Gasteiger partial charge in [-0.25, -0.2) is 4.68 Å². The number of pyridine rings is 1. The third kappa shape index (κ3) is 5.05. The molecule has 0 unspecified atom stereocenters. The van der Waals surface area contributed by atoms with Crippen molar-refractivity contribution in [1.82, 2.24) is 30.1 Å². The number of nitrogens with one attached hydrogen (secondary N) is 1. The minimum Gasteiger partial charge on any atom is -0.377 e. The number of aromatic amines is 1. The van der Waals surface area contributed by atoms with Crippen LogP contribution in [0.2, 0.25) is 0 Å². The molecular formula is C27H38N6O2. The smallest absolute Gasteiger partial charge is 0.252 e. The molecule has 0 spiro atoms. The fourth-order valence-electron chi connectivity index (χ4n) is 6.08. The summed E-state index contributed by atoms with van der Waals surface area (Å²) in [7, 11) is 0. The zero-order valence-electron chi connectivity index (χ0n) is 21.5. The minimum absolute atomic E-state index is 0.0101. The van der Waals surface area contributed by atoms with Crippen molar-refractivity contribution >= 4 is 10.9 Å². The summed E-state index contributed by atoms with van der Waals surface area (Å²) in [5, 5.41) is 14.2. The molecule has 1 N–H and O–H groups in total. The fraction of sp³-hybridized carbons (Fsp3) is 0.630. The van der Waals surface area contributed by atoms with Gasteiger partial charge in [0.05, 0.1) is 23.7 Å². The first-order valence-corrected chi connectivity index (χ1v) is 13.2. The van der Waals surface area contributed by atoms with Gasteiger partial charge in [0.1, 0.15) is 0 Å². The predicted octanol–water partition coefficient (Wildman–Crippen LogP) is 4.62. The Labute approximate surface area is 207 Å². The van der Waals surface area contributed by atoms with Crippen molar-refractivity contribution < 1.29 is 4.74 Å². The third-order valence-electron chi connectivity index (χ3n) is 7.68. The highest BCUT2D eigenvalue weighted by Crippen LogP contribution is 2.35. The molecule has 3 heterocycles. The average Bonchev–Trinajstić information content (AvgIpc) is 3.57. The Balaban J connectivity index is 1.53. The number of hydrogen-bond acceptors (Lipinski definition) is 6. The largest absolute Gasteiger partial charge is 0.377 e. The van der Waals surface area contributed by atoms with Crippen LogP contribution >= 0.6 is 0 Å². The summed E-state index contributed by atoms with van der Waals surface area (Å²) in [6, 6.07) is 6.67. The molecule has 2 fully saturated rings. The van der Waals surface area contributed by atoms with Crippen LogP contribution < -0.4 is 5.56 Å². The van der Waals surface area contributed by atoms with E-state index in [0.29, 0.717) is 12.6 Å². The number of ether oxygens (including phenoxy) is 1. The van der Waals surface area contributed by atoms with Crippen molar-refractivity contribution in [1.29, 1.82) is 0 Å². The van der Waals surface area contributed by atoms with Crippen LogP contribution in [0, 0.1) is 19.8 Å². The van der Waals surface area contributed by atoms with Gasteiger partial charge in [0, 0.05) is 25.3 Å². The van der Waals surface area contributed by atoms with Crippen molar-refractivity contribution in [2.45, 2.75) is 91.0 Å². The first kappa shape index (κ1) is 24.1. The van der Waals surface area contributed by atoms with Crippen LogP contribution in [-0.2, 0) is 11.3 Å². The van der Waals surface area contributed by atoms with E-state index in [-0.39, 0.29) is 23.6 Å². The summed E-state index contributed by atoms with van der Waals surface area (Å²) in [6.07, 6.45) is 6.98. The number of nitrogens with zero attached hydrogens (tertiary/aromatic N) is 5. The molecule has 0 radical (unpaired) electrons. The maximum atomic E-state index is 13.2. The molecule has 8 nitrogen and oxygen atoms in total. The average molecular weight is 479 g/mol. The normalized spacial score (nSPS) is 20.0. The summed E-state index contributed by atoms with van der Waals surface area (Å²) in [6.45, 7) is 10.7. The summed E-state index contributed by atoms with van der Waals surface area (Å²) in [5.74, 6) is 1.18. The van der Waals surface area contributed by atoms with E-state index in [1.807, 2.05) is 6.92 Å². The van der Waals surface area contributed by atoms with Gasteiger partial charge in [-0.05, 0) is 79.0 Å². The molecule has 35 heavy (non-hydrogen) atoms. The lowest BCUT2D eigenvalue weighted by Gasteiger charge is -2.35. The number of hydrogen-bond donors (Lipinski definition) is 1. The Morgan fingerprint density at radius 1 is 1.14 bits per heavy atom. The van der Waals surface area contributed by atoms with E-state index < -0.39 is 0 Å². The van der Waals surface area contributed by atoms with Crippen LogP contribution in [0.15, 0.2) is 23.0 Å². The third-order valence-corrected chi connectivity index (χ3v) is 7.68. The number of rotatable bonds is 8. The molecule has 1 aliphatic heterocycles. The highest BCUT2D eigenvalue weighted by molar-refractivity contribution is 5.82. The highest BCUT2D eigenvalue weighted by Gasteiger charge is 2.34. The van der Waals surface area contributed by atoms with Gasteiger partial charge in [-0.2, -0.15) is 0 Å². The van der Waals surface area contributed by atoms with Crippen LogP contribution in [0.1, 0.15) is 87.0 Å². The highest BCUT2D eigenvalue weighted by atomic mass is 16.5. The van der Waals surface area contributed by atoms with Crippen LogP contribution in [0.3, 0.4) is 0 Å². The number of fused-ring (bicyclic) bond motifs is 1. The molecule has 2 aromatic heterocycles.